The predicted molar refractivity (Wildman–Crippen MR) is 135 cm³/mol. The van der Waals surface area contributed by atoms with Gasteiger partial charge in [0.25, 0.3) is 0 Å². The number of esters is 3. The van der Waals surface area contributed by atoms with E-state index in [-0.39, 0.29) is 23.2 Å². The average molecular weight is 503 g/mol. The molecule has 2 aliphatic carbocycles. The second-order valence-corrected chi connectivity index (χ2v) is 11.1. The monoisotopic (exact) mass is 502 g/mol. The Morgan fingerprint density at radius 3 is 2.44 bits per heavy atom. The van der Waals surface area contributed by atoms with Gasteiger partial charge in [0.05, 0.1) is 11.3 Å². The molecule has 1 aliphatic heterocycles. The maximum atomic E-state index is 12.8. The van der Waals surface area contributed by atoms with Crippen LogP contribution in [0.2, 0.25) is 0 Å². The molecular weight excluding hydrogens is 460 g/mol. The molecular formula is C29H42O7. The first-order chi connectivity index (χ1) is 16.9. The summed E-state index contributed by atoms with van der Waals surface area (Å²) in [7, 11) is 0. The summed E-state index contributed by atoms with van der Waals surface area (Å²) in [5.41, 5.74) is 0.925. The SMILES string of the molecule is C=C/C(C)=C/C[C@]1(C)[C@H](C)CC[C@@]23C(=C[C@H](OC(=O)[C@H](C)CC)C[C@@H]12)[C@@H](OC(C)=O)O[C@H]3OC(C)=O. The molecule has 0 unspecified atom stereocenters. The van der Waals surface area contributed by atoms with Crippen molar-refractivity contribution in [1.29, 1.82) is 0 Å². The fourth-order valence-corrected chi connectivity index (χ4v) is 6.24. The highest BCUT2D eigenvalue weighted by Crippen LogP contribution is 2.67. The van der Waals surface area contributed by atoms with Crippen molar-refractivity contribution in [3.63, 3.8) is 0 Å². The van der Waals surface area contributed by atoms with Crippen LogP contribution in [0.15, 0.2) is 36.0 Å². The predicted octanol–water partition coefficient (Wildman–Crippen LogP) is 5.64. The summed E-state index contributed by atoms with van der Waals surface area (Å²) in [6.45, 7) is 16.9. The van der Waals surface area contributed by atoms with E-state index in [1.807, 2.05) is 32.9 Å². The van der Waals surface area contributed by atoms with E-state index in [9.17, 15) is 14.4 Å². The molecule has 36 heavy (non-hydrogen) atoms. The number of hydrogen-bond acceptors (Lipinski definition) is 7. The molecule has 1 heterocycles. The Bertz CT molecular complexity index is 949. The average Bonchev–Trinajstić information content (AvgIpc) is 3.10. The van der Waals surface area contributed by atoms with E-state index in [0.29, 0.717) is 25.2 Å². The van der Waals surface area contributed by atoms with Gasteiger partial charge in [0.15, 0.2) is 0 Å². The summed E-state index contributed by atoms with van der Waals surface area (Å²) < 4.78 is 23.5. The molecule has 0 radical (unpaired) electrons. The number of ether oxygens (including phenoxy) is 4. The minimum absolute atomic E-state index is 0.0535. The number of rotatable bonds is 8. The number of allylic oxidation sites excluding steroid dienone is 3. The third-order valence-electron chi connectivity index (χ3n) is 8.84. The molecule has 1 saturated carbocycles. The molecule has 2 fully saturated rings. The van der Waals surface area contributed by atoms with Crippen molar-refractivity contribution in [2.75, 3.05) is 0 Å². The van der Waals surface area contributed by atoms with Crippen molar-refractivity contribution < 1.29 is 33.3 Å². The van der Waals surface area contributed by atoms with E-state index in [2.05, 4.69) is 26.5 Å². The fourth-order valence-electron chi connectivity index (χ4n) is 6.24. The van der Waals surface area contributed by atoms with E-state index >= 15 is 0 Å². The van der Waals surface area contributed by atoms with Gasteiger partial charge in [0.2, 0.25) is 12.6 Å². The van der Waals surface area contributed by atoms with Gasteiger partial charge >= 0.3 is 17.9 Å². The lowest BCUT2D eigenvalue weighted by atomic mass is 9.46. The third-order valence-corrected chi connectivity index (χ3v) is 8.84. The lowest BCUT2D eigenvalue weighted by Crippen LogP contribution is -2.57. The molecule has 0 aromatic rings. The quantitative estimate of drug-likeness (QED) is 0.184. The zero-order chi connectivity index (χ0) is 26.8. The van der Waals surface area contributed by atoms with Crippen molar-refractivity contribution in [2.45, 2.75) is 99.3 Å². The zero-order valence-corrected chi connectivity index (χ0v) is 22.8. The second kappa shape index (κ2) is 10.9. The van der Waals surface area contributed by atoms with Gasteiger partial charge in [-0.2, -0.15) is 0 Å². The van der Waals surface area contributed by atoms with Gasteiger partial charge in [-0.1, -0.05) is 52.0 Å². The maximum absolute atomic E-state index is 12.8. The van der Waals surface area contributed by atoms with E-state index in [0.717, 1.165) is 24.0 Å². The minimum Gasteiger partial charge on any atom is -0.458 e. The first kappa shape index (κ1) is 28.2. The fraction of sp³-hybridized carbons (Fsp3) is 0.690. The summed E-state index contributed by atoms with van der Waals surface area (Å²) in [5, 5.41) is 0. The highest BCUT2D eigenvalue weighted by Gasteiger charge is 2.67. The van der Waals surface area contributed by atoms with Crippen LogP contribution < -0.4 is 0 Å². The molecule has 1 spiro atoms. The van der Waals surface area contributed by atoms with Gasteiger partial charge in [-0.05, 0) is 62.4 Å². The number of carbonyl (C=O) groups is 3. The molecule has 7 nitrogen and oxygen atoms in total. The van der Waals surface area contributed by atoms with E-state index in [1.165, 1.54) is 13.8 Å². The minimum atomic E-state index is -0.998. The Labute approximate surface area is 215 Å². The smallest absolute Gasteiger partial charge is 0.309 e. The van der Waals surface area contributed by atoms with Gasteiger partial charge in [0, 0.05) is 19.4 Å². The molecule has 3 rings (SSSR count). The van der Waals surface area contributed by atoms with Gasteiger partial charge < -0.3 is 14.2 Å². The van der Waals surface area contributed by atoms with Crippen LogP contribution in [0.4, 0.5) is 0 Å². The molecule has 1 saturated heterocycles. The Morgan fingerprint density at radius 2 is 1.86 bits per heavy atom. The third kappa shape index (κ3) is 5.17. The molecule has 0 amide bonds. The molecule has 0 bridgehead atoms. The van der Waals surface area contributed by atoms with E-state index in [1.54, 1.807) is 0 Å². The molecule has 200 valence electrons. The Hall–Kier alpha value is -2.41. The van der Waals surface area contributed by atoms with Crippen LogP contribution in [-0.2, 0) is 33.3 Å². The van der Waals surface area contributed by atoms with Crippen LogP contribution in [0.5, 0.6) is 0 Å². The van der Waals surface area contributed by atoms with Crippen LogP contribution in [0.3, 0.4) is 0 Å². The van der Waals surface area contributed by atoms with Crippen LogP contribution in [0.25, 0.3) is 0 Å². The molecule has 3 aliphatic rings. The summed E-state index contributed by atoms with van der Waals surface area (Å²) in [5.74, 6) is -1.13. The highest BCUT2D eigenvalue weighted by atomic mass is 16.8. The summed E-state index contributed by atoms with van der Waals surface area (Å²) in [6, 6.07) is 0. The standard InChI is InChI=1S/C29H42O7/c1-9-17(3)11-13-28(8)19(5)12-14-29-23(26(33-20(6)30)36-27(29)34-21(7)31)15-22(16-24(28)29)35-25(32)18(4)10-2/h9,11,15,18-19,22,24,26-27H,1,10,12-14,16H2,2-8H3/b17-11+/t18-,19-,22+,24+,26+,27-,28-,29-/m1/s1. The van der Waals surface area contributed by atoms with Crippen molar-refractivity contribution in [2.24, 2.45) is 28.6 Å². The first-order valence-electron chi connectivity index (χ1n) is 13.1. The van der Waals surface area contributed by atoms with Gasteiger partial charge in [-0.3, -0.25) is 19.1 Å². The van der Waals surface area contributed by atoms with Crippen molar-refractivity contribution in [1.82, 2.24) is 0 Å². The zero-order valence-electron chi connectivity index (χ0n) is 22.8. The molecule has 0 aromatic carbocycles. The molecule has 7 heteroatoms. The van der Waals surface area contributed by atoms with Gasteiger partial charge in [-0.15, -0.1) is 0 Å². The van der Waals surface area contributed by atoms with E-state index < -0.39 is 36.0 Å². The summed E-state index contributed by atoms with van der Waals surface area (Å²) in [6.07, 6.45) is 7.17. The summed E-state index contributed by atoms with van der Waals surface area (Å²) >= 11 is 0. The topological polar surface area (TPSA) is 88.1 Å². The van der Waals surface area contributed by atoms with Crippen molar-refractivity contribution >= 4 is 17.9 Å². The number of hydrogen-bond donors (Lipinski definition) is 0. The molecule has 8 atom stereocenters. The lowest BCUT2D eigenvalue weighted by molar-refractivity contribution is -0.235. The Kier molecular flexibility index (Phi) is 8.54. The molecule has 0 N–H and O–H groups in total. The lowest BCUT2D eigenvalue weighted by Gasteiger charge is -2.58. The first-order valence-corrected chi connectivity index (χ1v) is 13.1. The molecule has 0 aromatic heterocycles. The Balaban J connectivity index is 2.16. The number of carbonyl (C=O) groups excluding carboxylic acids is 3. The van der Waals surface area contributed by atoms with Crippen LogP contribution >= 0.6 is 0 Å². The van der Waals surface area contributed by atoms with Crippen molar-refractivity contribution in [3.05, 3.63) is 36.0 Å². The van der Waals surface area contributed by atoms with Gasteiger partial charge in [0.1, 0.15) is 6.10 Å². The normalized spacial score (nSPS) is 36.6. The second-order valence-electron chi connectivity index (χ2n) is 11.1. The highest BCUT2D eigenvalue weighted by molar-refractivity contribution is 5.72. The summed E-state index contributed by atoms with van der Waals surface area (Å²) in [4.78, 5) is 36.9. The van der Waals surface area contributed by atoms with Crippen LogP contribution in [0.1, 0.15) is 80.6 Å². The largest absolute Gasteiger partial charge is 0.458 e. The van der Waals surface area contributed by atoms with Gasteiger partial charge in [-0.25, -0.2) is 0 Å². The van der Waals surface area contributed by atoms with E-state index in [4.69, 9.17) is 18.9 Å². The van der Waals surface area contributed by atoms with Crippen LogP contribution in [0, 0.1) is 28.6 Å². The Morgan fingerprint density at radius 1 is 1.19 bits per heavy atom. The maximum Gasteiger partial charge on any atom is 0.309 e. The van der Waals surface area contributed by atoms with Crippen LogP contribution in [-0.4, -0.2) is 36.6 Å². The van der Waals surface area contributed by atoms with Crippen molar-refractivity contribution in [3.8, 4) is 0 Å².